The predicted octanol–water partition coefficient (Wildman–Crippen LogP) is 4.34. The van der Waals surface area contributed by atoms with Crippen LogP contribution in [0.5, 0.6) is 0 Å². The van der Waals surface area contributed by atoms with E-state index in [2.05, 4.69) is 5.10 Å². The van der Waals surface area contributed by atoms with Gasteiger partial charge in [-0.3, -0.25) is 4.52 Å². The van der Waals surface area contributed by atoms with Gasteiger partial charge in [0.2, 0.25) is 5.52 Å². The van der Waals surface area contributed by atoms with Crippen molar-refractivity contribution >= 4 is 18.9 Å². The molecule has 0 bridgehead atoms. The van der Waals surface area contributed by atoms with Gasteiger partial charge in [-0.2, -0.15) is 4.85 Å². The number of aromatic nitrogens is 3. The fraction of sp³-hybridized carbons (Fsp3) is 0.667. The number of aryl methyl sites for hydroxylation is 3. The normalized spacial score (nSPS) is 14.7. The summed E-state index contributed by atoms with van der Waals surface area (Å²) >= 11 is 0. The average molecular weight is 485 g/mol. The summed E-state index contributed by atoms with van der Waals surface area (Å²) in [6, 6.07) is 3.51. The Labute approximate surface area is 192 Å². The summed E-state index contributed by atoms with van der Waals surface area (Å²) in [4.78, 5) is 23.5. The predicted molar refractivity (Wildman–Crippen MR) is 120 cm³/mol. The summed E-state index contributed by atoms with van der Waals surface area (Å²) in [7, 11) is -4.22. The molecule has 1 aromatic heterocycles. The van der Waals surface area contributed by atoms with Gasteiger partial charge in [-0.05, 0) is 90.5 Å². The van der Waals surface area contributed by atoms with Crippen LogP contribution in [0.3, 0.4) is 0 Å². The molecule has 0 saturated carbocycles. The lowest BCUT2D eigenvalue weighted by molar-refractivity contribution is -0.480. The molecule has 1 aliphatic carbocycles. The first-order valence-electron chi connectivity index (χ1n) is 10.9. The molecule has 0 amide bonds. The van der Waals surface area contributed by atoms with Crippen molar-refractivity contribution in [2.24, 2.45) is 0 Å². The number of rotatable bonds is 9. The van der Waals surface area contributed by atoms with E-state index in [0.717, 1.165) is 30.4 Å². The maximum Gasteiger partial charge on any atom is 0.529 e. The Hall–Kier alpha value is -1.88. The molecule has 0 fully saturated rings. The van der Waals surface area contributed by atoms with Crippen molar-refractivity contribution in [2.75, 3.05) is 6.61 Å². The van der Waals surface area contributed by atoms with E-state index in [4.69, 9.17) is 23.6 Å². The Morgan fingerprint density at radius 3 is 2.21 bits per heavy atom. The number of fused-ring (bicyclic) bond motifs is 2. The van der Waals surface area contributed by atoms with Gasteiger partial charge in [-0.25, -0.2) is 14.3 Å². The highest BCUT2D eigenvalue weighted by Gasteiger charge is 2.35. The molecule has 11 nitrogen and oxygen atoms in total. The van der Waals surface area contributed by atoms with Crippen molar-refractivity contribution in [3.8, 4) is 0 Å². The zero-order chi connectivity index (χ0) is 24.4. The molecular formula is C21H32N3O8P. The van der Waals surface area contributed by atoms with Gasteiger partial charge in [0.15, 0.2) is 0 Å². The Kier molecular flexibility index (Phi) is 7.62. The third-order valence-corrected chi connectivity index (χ3v) is 5.62. The fourth-order valence-corrected chi connectivity index (χ4v) is 4.27. The standard InChI is InChI=1S/C21H32N3O8P/c1-20(2,3)29-31-33(27,32-30-21(4,5)6)28-12-8-11-19-22-24(26)18-14-16-10-7-9-15(16)13-17(18)23(19)25/h13-14H,7-12H2,1-6H3. The molecule has 0 aliphatic heterocycles. The first kappa shape index (κ1) is 25.7. The molecule has 0 N–H and O–H groups in total. The molecule has 0 spiro atoms. The zero-order valence-corrected chi connectivity index (χ0v) is 20.8. The molecule has 2 aromatic rings. The maximum absolute atomic E-state index is 12.9. The van der Waals surface area contributed by atoms with Crippen LogP contribution < -0.4 is 4.43 Å². The quantitative estimate of drug-likeness (QED) is 0.168. The van der Waals surface area contributed by atoms with Crippen LogP contribution in [0.2, 0.25) is 0 Å². The molecule has 1 aromatic carbocycles. The second kappa shape index (κ2) is 9.77. The SMILES string of the molecule is CC(C)(C)OOP(=O)(OCCCc1nn([O-])c2cc3c(cc2[n+]1=O)CCC3)OOC(C)(C)C. The van der Waals surface area contributed by atoms with Gasteiger partial charge < -0.3 is 5.21 Å². The van der Waals surface area contributed by atoms with E-state index in [-0.39, 0.29) is 36.3 Å². The van der Waals surface area contributed by atoms with E-state index in [0.29, 0.717) is 9.27 Å². The molecule has 0 unspecified atom stereocenters. The minimum absolute atomic E-state index is 0.0348. The zero-order valence-electron chi connectivity index (χ0n) is 20.0. The van der Waals surface area contributed by atoms with Gasteiger partial charge in [-0.1, -0.05) is 4.91 Å². The van der Waals surface area contributed by atoms with Gasteiger partial charge in [0, 0.05) is 4.43 Å². The van der Waals surface area contributed by atoms with Crippen LogP contribution >= 0.6 is 7.82 Å². The van der Waals surface area contributed by atoms with Gasteiger partial charge in [0.1, 0.15) is 5.52 Å². The first-order chi connectivity index (χ1) is 15.3. The highest BCUT2D eigenvalue weighted by Crippen LogP contribution is 2.51. The van der Waals surface area contributed by atoms with E-state index in [1.54, 1.807) is 53.7 Å². The van der Waals surface area contributed by atoms with E-state index >= 15 is 0 Å². The molecule has 3 rings (SSSR count). The smallest absolute Gasteiger partial charge is 0.529 e. The lowest BCUT2D eigenvalue weighted by Crippen LogP contribution is -2.28. The Morgan fingerprint density at radius 2 is 1.64 bits per heavy atom. The highest BCUT2D eigenvalue weighted by atomic mass is 31.2. The lowest BCUT2D eigenvalue weighted by atomic mass is 10.1. The summed E-state index contributed by atoms with van der Waals surface area (Å²) in [5.41, 5.74) is 1.16. The molecule has 0 atom stereocenters. The number of hydrogen-bond acceptors (Lipinski definition) is 9. The third kappa shape index (κ3) is 7.05. The summed E-state index contributed by atoms with van der Waals surface area (Å²) in [5, 5.41) is 16.3. The van der Waals surface area contributed by atoms with Crippen molar-refractivity contribution in [3.05, 3.63) is 39.2 Å². The first-order valence-corrected chi connectivity index (χ1v) is 12.4. The highest BCUT2D eigenvalue weighted by molar-refractivity contribution is 7.48. The van der Waals surface area contributed by atoms with Crippen LogP contribution in [-0.2, 0) is 47.5 Å². The maximum atomic E-state index is 12.9. The lowest BCUT2D eigenvalue weighted by Gasteiger charge is -2.24. The largest absolute Gasteiger partial charge is 0.772 e. The van der Waals surface area contributed by atoms with E-state index in [1.807, 2.05) is 0 Å². The molecule has 0 radical (unpaired) electrons. The van der Waals surface area contributed by atoms with Crippen LogP contribution in [0.1, 0.15) is 71.3 Å². The molecule has 33 heavy (non-hydrogen) atoms. The minimum atomic E-state index is -4.22. The van der Waals surface area contributed by atoms with Crippen LogP contribution in [0.25, 0.3) is 11.0 Å². The monoisotopic (exact) mass is 485 g/mol. The second-order valence-corrected chi connectivity index (χ2v) is 11.4. The van der Waals surface area contributed by atoms with Crippen molar-refractivity contribution < 1.29 is 32.6 Å². The van der Waals surface area contributed by atoms with E-state index in [9.17, 15) is 14.7 Å². The average Bonchev–Trinajstić information content (AvgIpc) is 3.17. The van der Waals surface area contributed by atoms with Gasteiger partial charge >= 0.3 is 13.6 Å². The number of nitrogens with zero attached hydrogens (tertiary/aromatic N) is 3. The summed E-state index contributed by atoms with van der Waals surface area (Å²) in [6.45, 7) is 10.1. The third-order valence-electron chi connectivity index (χ3n) is 4.61. The second-order valence-electron chi connectivity index (χ2n) is 9.97. The van der Waals surface area contributed by atoms with Crippen LogP contribution in [0.4, 0.5) is 0 Å². The number of hydrogen-bond donors (Lipinski definition) is 0. The van der Waals surface area contributed by atoms with Gasteiger partial charge in [0.05, 0.1) is 29.3 Å². The molecule has 184 valence electrons. The van der Waals surface area contributed by atoms with Crippen molar-refractivity contribution in [1.29, 1.82) is 0 Å². The number of benzene rings is 1. The molecule has 12 heteroatoms. The Bertz CT molecular complexity index is 1080. The van der Waals surface area contributed by atoms with Crippen molar-refractivity contribution in [2.45, 2.75) is 84.8 Å². The molecule has 0 saturated heterocycles. The minimum Gasteiger partial charge on any atom is -0.772 e. The van der Waals surface area contributed by atoms with Crippen molar-refractivity contribution in [1.82, 2.24) is 9.94 Å². The topological polar surface area (TPSA) is 127 Å². The summed E-state index contributed by atoms with van der Waals surface area (Å²) < 4.78 is 28.7. The van der Waals surface area contributed by atoms with Gasteiger partial charge in [-0.15, -0.1) is 9.35 Å². The number of phosphoric acid groups is 1. The van der Waals surface area contributed by atoms with Gasteiger partial charge in [0.25, 0.3) is 0 Å². The Balaban J connectivity index is 1.67. The molecular weight excluding hydrogens is 453 g/mol. The van der Waals surface area contributed by atoms with E-state index < -0.39 is 19.0 Å². The van der Waals surface area contributed by atoms with Crippen LogP contribution in [0.15, 0.2) is 12.1 Å². The summed E-state index contributed by atoms with van der Waals surface area (Å²) in [5.74, 6) is 0.0348. The Morgan fingerprint density at radius 1 is 1.06 bits per heavy atom. The molecule has 1 aliphatic rings. The van der Waals surface area contributed by atoms with E-state index in [1.165, 1.54) is 0 Å². The molecule has 1 heterocycles. The van der Waals surface area contributed by atoms with Crippen LogP contribution in [-0.4, -0.2) is 27.8 Å². The van der Waals surface area contributed by atoms with Crippen LogP contribution in [0, 0.1) is 10.1 Å². The fourth-order valence-electron chi connectivity index (χ4n) is 3.18. The van der Waals surface area contributed by atoms with Crippen molar-refractivity contribution in [3.63, 3.8) is 0 Å². The summed E-state index contributed by atoms with van der Waals surface area (Å²) in [6.07, 6.45) is 3.11.